The minimum atomic E-state index is -4.38. The van der Waals surface area contributed by atoms with Crippen LogP contribution in [-0.4, -0.2) is 40.7 Å². The molecule has 1 saturated heterocycles. The van der Waals surface area contributed by atoms with E-state index in [0.717, 1.165) is 30.9 Å². The third-order valence-electron chi connectivity index (χ3n) is 4.99. The second-order valence-electron chi connectivity index (χ2n) is 7.34. The van der Waals surface area contributed by atoms with Gasteiger partial charge in [-0.3, -0.25) is 4.79 Å². The third-order valence-corrected chi connectivity index (χ3v) is 4.99. The lowest BCUT2D eigenvalue weighted by Crippen LogP contribution is -2.38. The molecule has 1 saturated carbocycles. The molecule has 6 nitrogen and oxygen atoms in total. The predicted molar refractivity (Wildman–Crippen MR) is 99.3 cm³/mol. The number of ether oxygens (including phenoxy) is 1. The van der Waals surface area contributed by atoms with Gasteiger partial charge in [-0.2, -0.15) is 13.2 Å². The van der Waals surface area contributed by atoms with Gasteiger partial charge in [0.25, 0.3) is 5.91 Å². The zero-order chi connectivity index (χ0) is 20.4. The second kappa shape index (κ2) is 7.98. The first-order chi connectivity index (χ1) is 13.9. The van der Waals surface area contributed by atoms with Gasteiger partial charge in [0.1, 0.15) is 6.73 Å². The van der Waals surface area contributed by atoms with E-state index >= 15 is 0 Å². The fourth-order valence-corrected chi connectivity index (χ4v) is 3.29. The van der Waals surface area contributed by atoms with Crippen molar-refractivity contribution in [2.45, 2.75) is 37.9 Å². The molecule has 9 heteroatoms. The Bertz CT molecular complexity index is 876. The molecule has 2 aromatic rings. The Morgan fingerprint density at radius 1 is 1.21 bits per heavy atom. The molecular formula is C20H21F3N4O2. The first-order valence-corrected chi connectivity index (χ1v) is 9.54. The van der Waals surface area contributed by atoms with E-state index in [1.807, 2.05) is 0 Å². The Balaban J connectivity index is 1.42. The number of hydrogen-bond donors (Lipinski definition) is 1. The van der Waals surface area contributed by atoms with Crippen LogP contribution in [0.3, 0.4) is 0 Å². The SMILES string of the molecule is O=C(c1cnc(NCc2cc(C3CC3)cc(C(F)(F)F)c2)nc1)N1CCCOC1. The van der Waals surface area contributed by atoms with Crippen molar-refractivity contribution >= 4 is 11.9 Å². The minimum absolute atomic E-state index is 0.164. The van der Waals surface area contributed by atoms with Crippen LogP contribution in [0.1, 0.15) is 52.2 Å². The molecule has 2 aliphatic rings. The summed E-state index contributed by atoms with van der Waals surface area (Å²) in [6.07, 6.45) is 1.08. The number of halogens is 3. The quantitative estimate of drug-likeness (QED) is 0.818. The first-order valence-electron chi connectivity index (χ1n) is 9.54. The molecule has 1 N–H and O–H groups in total. The smallest absolute Gasteiger partial charge is 0.361 e. The van der Waals surface area contributed by atoms with E-state index in [0.29, 0.717) is 24.3 Å². The molecule has 2 heterocycles. The van der Waals surface area contributed by atoms with Crippen LogP contribution >= 0.6 is 0 Å². The van der Waals surface area contributed by atoms with Crippen molar-refractivity contribution in [3.63, 3.8) is 0 Å². The number of alkyl halides is 3. The molecule has 1 aliphatic carbocycles. The Labute approximate surface area is 166 Å². The fourth-order valence-electron chi connectivity index (χ4n) is 3.29. The van der Waals surface area contributed by atoms with E-state index in [4.69, 9.17) is 4.74 Å². The van der Waals surface area contributed by atoms with Crippen LogP contribution in [0.25, 0.3) is 0 Å². The monoisotopic (exact) mass is 406 g/mol. The number of nitrogens with zero attached hydrogens (tertiary/aromatic N) is 3. The Morgan fingerprint density at radius 2 is 1.97 bits per heavy atom. The summed E-state index contributed by atoms with van der Waals surface area (Å²) < 4.78 is 44.8. The summed E-state index contributed by atoms with van der Waals surface area (Å²) >= 11 is 0. The molecule has 0 atom stereocenters. The number of anilines is 1. The maximum atomic E-state index is 13.2. The number of benzene rings is 1. The van der Waals surface area contributed by atoms with E-state index in [1.54, 1.807) is 11.0 Å². The van der Waals surface area contributed by atoms with Crippen LogP contribution in [0.4, 0.5) is 19.1 Å². The normalized spacial score (nSPS) is 17.3. The molecule has 1 amide bonds. The largest absolute Gasteiger partial charge is 0.416 e. The van der Waals surface area contributed by atoms with Gasteiger partial charge in [-0.05, 0) is 48.4 Å². The van der Waals surface area contributed by atoms with E-state index in [9.17, 15) is 18.0 Å². The van der Waals surface area contributed by atoms with Gasteiger partial charge in [0, 0.05) is 25.5 Å². The van der Waals surface area contributed by atoms with E-state index in [2.05, 4.69) is 15.3 Å². The van der Waals surface area contributed by atoms with E-state index in [1.165, 1.54) is 18.5 Å². The number of aromatic nitrogens is 2. The van der Waals surface area contributed by atoms with Crippen molar-refractivity contribution in [3.05, 3.63) is 52.8 Å². The van der Waals surface area contributed by atoms with Crippen molar-refractivity contribution in [1.82, 2.24) is 14.9 Å². The molecule has 0 spiro atoms. The van der Waals surface area contributed by atoms with Crippen LogP contribution in [0.15, 0.2) is 30.6 Å². The lowest BCUT2D eigenvalue weighted by Gasteiger charge is -2.26. The summed E-state index contributed by atoms with van der Waals surface area (Å²) in [6.45, 7) is 1.67. The molecule has 29 heavy (non-hydrogen) atoms. The summed E-state index contributed by atoms with van der Waals surface area (Å²) in [5.41, 5.74) is 0.957. The van der Waals surface area contributed by atoms with Crippen LogP contribution in [-0.2, 0) is 17.5 Å². The molecule has 0 radical (unpaired) electrons. The second-order valence-corrected chi connectivity index (χ2v) is 7.34. The Hall–Kier alpha value is -2.68. The van der Waals surface area contributed by atoms with Crippen molar-refractivity contribution in [3.8, 4) is 0 Å². The third kappa shape index (κ3) is 4.84. The molecule has 154 valence electrons. The maximum absolute atomic E-state index is 13.2. The molecule has 1 aliphatic heterocycles. The van der Waals surface area contributed by atoms with Crippen molar-refractivity contribution in [2.24, 2.45) is 0 Å². The van der Waals surface area contributed by atoms with Crippen molar-refractivity contribution < 1.29 is 22.7 Å². The zero-order valence-corrected chi connectivity index (χ0v) is 15.7. The van der Waals surface area contributed by atoms with Gasteiger partial charge in [-0.1, -0.05) is 6.07 Å². The van der Waals surface area contributed by atoms with Crippen molar-refractivity contribution in [1.29, 1.82) is 0 Å². The highest BCUT2D eigenvalue weighted by atomic mass is 19.4. The maximum Gasteiger partial charge on any atom is 0.416 e. The number of carbonyl (C=O) groups is 1. The van der Waals surface area contributed by atoms with Gasteiger partial charge in [0.05, 0.1) is 17.7 Å². The predicted octanol–water partition coefficient (Wildman–Crippen LogP) is 3.80. The van der Waals surface area contributed by atoms with Crippen molar-refractivity contribution in [2.75, 3.05) is 25.2 Å². The van der Waals surface area contributed by atoms with Gasteiger partial charge < -0.3 is 15.0 Å². The highest BCUT2D eigenvalue weighted by Gasteiger charge is 2.33. The number of nitrogens with one attached hydrogen (secondary N) is 1. The molecular weight excluding hydrogens is 385 g/mol. The fraction of sp³-hybridized carbons (Fsp3) is 0.450. The van der Waals surface area contributed by atoms with Crippen LogP contribution in [0, 0.1) is 0 Å². The number of amides is 1. The highest BCUT2D eigenvalue weighted by molar-refractivity contribution is 5.93. The van der Waals surface area contributed by atoms with E-state index in [-0.39, 0.29) is 31.0 Å². The average Bonchev–Trinajstić information content (AvgIpc) is 3.57. The molecule has 1 aromatic heterocycles. The highest BCUT2D eigenvalue weighted by Crippen LogP contribution is 2.42. The lowest BCUT2D eigenvalue weighted by atomic mass is 10.0. The minimum Gasteiger partial charge on any atom is -0.361 e. The number of carbonyl (C=O) groups excluding carboxylic acids is 1. The molecule has 2 fully saturated rings. The van der Waals surface area contributed by atoms with Crippen LogP contribution in [0.5, 0.6) is 0 Å². The van der Waals surface area contributed by atoms with Gasteiger partial charge >= 0.3 is 6.18 Å². The lowest BCUT2D eigenvalue weighted by molar-refractivity contribution is -0.137. The van der Waals surface area contributed by atoms with Gasteiger partial charge in [0.15, 0.2) is 0 Å². The molecule has 4 rings (SSSR count). The number of hydrogen-bond acceptors (Lipinski definition) is 5. The number of rotatable bonds is 5. The van der Waals surface area contributed by atoms with Gasteiger partial charge in [-0.15, -0.1) is 0 Å². The van der Waals surface area contributed by atoms with E-state index < -0.39 is 11.7 Å². The van der Waals surface area contributed by atoms with Gasteiger partial charge in [-0.25, -0.2) is 9.97 Å². The Kier molecular flexibility index (Phi) is 5.40. The molecule has 0 unspecified atom stereocenters. The standard InChI is InChI=1S/C20H21F3N4O2/c21-20(22,23)17-7-13(6-15(8-17)14-2-3-14)9-24-19-25-10-16(11-26-19)18(28)27-4-1-5-29-12-27/h6-8,10-11,14H,1-5,9,12H2,(H,24,25,26). The molecule has 1 aromatic carbocycles. The van der Waals surface area contributed by atoms with Crippen LogP contribution in [0.2, 0.25) is 0 Å². The average molecular weight is 406 g/mol. The van der Waals surface area contributed by atoms with Crippen LogP contribution < -0.4 is 5.32 Å². The first kappa shape index (κ1) is 19.6. The summed E-state index contributed by atoms with van der Waals surface area (Å²) in [7, 11) is 0. The topological polar surface area (TPSA) is 67.4 Å². The summed E-state index contributed by atoms with van der Waals surface area (Å²) in [4.78, 5) is 22.2. The Morgan fingerprint density at radius 3 is 2.59 bits per heavy atom. The summed E-state index contributed by atoms with van der Waals surface area (Å²) in [5.74, 6) is 0.265. The van der Waals surface area contributed by atoms with Gasteiger partial charge in [0.2, 0.25) is 5.95 Å². The zero-order valence-electron chi connectivity index (χ0n) is 15.7. The summed E-state index contributed by atoms with van der Waals surface area (Å²) in [5, 5.41) is 2.93. The molecule has 0 bridgehead atoms. The summed E-state index contributed by atoms with van der Waals surface area (Å²) in [6, 6.07) is 4.18.